The fraction of sp³-hybridized carbons (Fsp3) is 0.296. The van der Waals surface area contributed by atoms with Crippen LogP contribution in [0, 0.1) is 20.8 Å². The molecule has 5 nitrogen and oxygen atoms in total. The third kappa shape index (κ3) is 5.82. The molecule has 0 bridgehead atoms. The van der Waals surface area contributed by atoms with Crippen LogP contribution in [-0.2, 0) is 21.2 Å². The van der Waals surface area contributed by atoms with E-state index in [0.717, 1.165) is 45.8 Å². The molecule has 0 N–H and O–H groups in total. The molecule has 33 heavy (non-hydrogen) atoms. The van der Waals surface area contributed by atoms with Gasteiger partial charge in [-0.25, -0.2) is 8.42 Å². The number of nitrogens with zero attached hydrogens (tertiary/aromatic N) is 1. The van der Waals surface area contributed by atoms with Crippen LogP contribution in [-0.4, -0.2) is 20.9 Å². The van der Waals surface area contributed by atoms with E-state index in [4.69, 9.17) is 4.74 Å². The van der Waals surface area contributed by atoms with Gasteiger partial charge in [0.2, 0.25) is 0 Å². The zero-order valence-corrected chi connectivity index (χ0v) is 20.5. The van der Waals surface area contributed by atoms with E-state index < -0.39 is 22.5 Å². The average molecular weight is 466 g/mol. The molecule has 0 atom stereocenters. The molecule has 3 rings (SSSR count). The first-order chi connectivity index (χ1) is 15.7. The molecule has 0 saturated carbocycles. The molecule has 0 spiro atoms. The summed E-state index contributed by atoms with van der Waals surface area (Å²) in [6.07, 6.45) is 3.03. The van der Waals surface area contributed by atoms with E-state index in [1.807, 2.05) is 45.0 Å². The summed E-state index contributed by atoms with van der Waals surface area (Å²) in [6.45, 7) is 7.47. The number of carbonyl (C=O) groups is 1. The third-order valence-electron chi connectivity index (χ3n) is 5.68. The number of amides is 1. The molecule has 0 radical (unpaired) electrons. The Morgan fingerprint density at radius 3 is 2.21 bits per heavy atom. The maximum Gasteiger partial charge on any atom is 0.278 e. The number of unbranched alkanes of at least 4 members (excludes halogenated alkanes) is 1. The lowest BCUT2D eigenvalue weighted by atomic mass is 10.1. The lowest BCUT2D eigenvalue weighted by molar-refractivity contribution is -0.119. The summed E-state index contributed by atoms with van der Waals surface area (Å²) in [4.78, 5) is 13.3. The minimum Gasteiger partial charge on any atom is -0.483 e. The van der Waals surface area contributed by atoms with Crippen molar-refractivity contribution in [3.63, 3.8) is 0 Å². The molecule has 0 aliphatic carbocycles. The number of benzene rings is 3. The second kappa shape index (κ2) is 10.7. The molecule has 0 heterocycles. The van der Waals surface area contributed by atoms with Crippen LogP contribution >= 0.6 is 0 Å². The van der Waals surface area contributed by atoms with Crippen LogP contribution < -0.4 is 9.04 Å². The van der Waals surface area contributed by atoms with Crippen LogP contribution in [0.4, 0.5) is 5.69 Å². The number of aryl methyl sites for hydroxylation is 3. The van der Waals surface area contributed by atoms with Crippen molar-refractivity contribution in [1.82, 2.24) is 0 Å². The number of ether oxygens (including phenoxy) is 1. The molecular formula is C27H31NO4S. The van der Waals surface area contributed by atoms with Crippen molar-refractivity contribution in [1.29, 1.82) is 0 Å². The molecule has 0 unspecified atom stereocenters. The highest BCUT2D eigenvalue weighted by Crippen LogP contribution is 2.26. The summed E-state index contributed by atoms with van der Waals surface area (Å²) in [5, 5.41) is 0. The number of anilines is 1. The second-order valence-corrected chi connectivity index (χ2v) is 10.0. The first-order valence-corrected chi connectivity index (χ1v) is 12.6. The lowest BCUT2D eigenvalue weighted by Gasteiger charge is -2.23. The summed E-state index contributed by atoms with van der Waals surface area (Å²) in [6, 6.07) is 19.2. The summed E-state index contributed by atoms with van der Waals surface area (Å²) < 4.78 is 33.7. The molecule has 0 aromatic heterocycles. The predicted molar refractivity (Wildman–Crippen MR) is 132 cm³/mol. The van der Waals surface area contributed by atoms with Gasteiger partial charge in [0.1, 0.15) is 5.75 Å². The minimum atomic E-state index is -4.12. The molecule has 0 fully saturated rings. The van der Waals surface area contributed by atoms with E-state index in [1.54, 1.807) is 30.3 Å². The smallest absolute Gasteiger partial charge is 0.278 e. The van der Waals surface area contributed by atoms with Gasteiger partial charge in [0, 0.05) is 0 Å². The first kappa shape index (κ1) is 24.5. The normalized spacial score (nSPS) is 11.3. The monoisotopic (exact) mass is 465 g/mol. The highest BCUT2D eigenvalue weighted by Gasteiger charge is 2.31. The zero-order valence-electron chi connectivity index (χ0n) is 19.7. The van der Waals surface area contributed by atoms with Crippen LogP contribution in [0.3, 0.4) is 0 Å². The van der Waals surface area contributed by atoms with Gasteiger partial charge in [-0.2, -0.15) is 4.31 Å². The summed E-state index contributed by atoms with van der Waals surface area (Å²) in [5.41, 5.74) is 4.29. The van der Waals surface area contributed by atoms with E-state index in [9.17, 15) is 13.2 Å². The highest BCUT2D eigenvalue weighted by atomic mass is 32.2. The van der Waals surface area contributed by atoms with Gasteiger partial charge >= 0.3 is 0 Å². The van der Waals surface area contributed by atoms with Gasteiger partial charge in [-0.3, -0.25) is 4.79 Å². The SMILES string of the molecule is CCCCc1ccc(N(C(=O)COc2cccc(C)c2C)S(=O)(=O)c2ccc(C)cc2)cc1. The number of rotatable bonds is 9. The maximum atomic E-state index is 13.5. The lowest BCUT2D eigenvalue weighted by Crippen LogP contribution is -2.40. The van der Waals surface area contributed by atoms with Crippen molar-refractivity contribution in [2.24, 2.45) is 0 Å². The zero-order chi connectivity index (χ0) is 24.0. The van der Waals surface area contributed by atoms with E-state index in [2.05, 4.69) is 6.92 Å². The van der Waals surface area contributed by atoms with Crippen molar-refractivity contribution in [2.45, 2.75) is 51.9 Å². The molecule has 6 heteroatoms. The number of hydrogen-bond donors (Lipinski definition) is 0. The maximum absolute atomic E-state index is 13.5. The number of carbonyl (C=O) groups excluding carboxylic acids is 1. The average Bonchev–Trinajstić information content (AvgIpc) is 2.80. The van der Waals surface area contributed by atoms with E-state index in [-0.39, 0.29) is 4.90 Å². The number of sulfonamides is 1. The Morgan fingerprint density at radius 1 is 0.909 bits per heavy atom. The summed E-state index contributed by atoms with van der Waals surface area (Å²) in [7, 11) is -4.12. The standard InChI is InChI=1S/C27H31NO4S/c1-5-6-9-23-13-15-24(16-14-23)28(33(30,31)25-17-11-20(2)12-18-25)27(29)19-32-26-10-7-8-21(3)22(26)4/h7-8,10-18H,5-6,9,19H2,1-4H3. The second-order valence-electron chi connectivity index (χ2n) is 8.23. The fourth-order valence-electron chi connectivity index (χ4n) is 3.49. The van der Waals surface area contributed by atoms with Crippen LogP contribution in [0.25, 0.3) is 0 Å². The molecule has 0 saturated heterocycles. The summed E-state index contributed by atoms with van der Waals surface area (Å²) in [5.74, 6) is -0.0938. The van der Waals surface area contributed by atoms with E-state index in [0.29, 0.717) is 11.4 Å². The van der Waals surface area contributed by atoms with Crippen LogP contribution in [0.15, 0.2) is 71.6 Å². The van der Waals surface area contributed by atoms with Crippen molar-refractivity contribution >= 4 is 21.6 Å². The Balaban J connectivity index is 1.94. The van der Waals surface area contributed by atoms with Crippen molar-refractivity contribution < 1.29 is 17.9 Å². The van der Waals surface area contributed by atoms with Crippen LogP contribution in [0.2, 0.25) is 0 Å². The van der Waals surface area contributed by atoms with Crippen LogP contribution in [0.1, 0.15) is 42.0 Å². The van der Waals surface area contributed by atoms with E-state index >= 15 is 0 Å². The van der Waals surface area contributed by atoms with Crippen molar-refractivity contribution in [3.05, 3.63) is 89.0 Å². The molecule has 174 valence electrons. The predicted octanol–water partition coefficient (Wildman–Crippen LogP) is 5.76. The van der Waals surface area contributed by atoms with Gasteiger partial charge in [0.05, 0.1) is 10.6 Å². The van der Waals surface area contributed by atoms with Gasteiger partial charge in [-0.15, -0.1) is 0 Å². The third-order valence-corrected chi connectivity index (χ3v) is 7.44. The van der Waals surface area contributed by atoms with Gasteiger partial charge in [-0.05, 0) is 80.6 Å². The molecule has 3 aromatic carbocycles. The summed E-state index contributed by atoms with van der Waals surface area (Å²) >= 11 is 0. The Morgan fingerprint density at radius 2 is 1.58 bits per heavy atom. The quantitative estimate of drug-likeness (QED) is 0.403. The van der Waals surface area contributed by atoms with Crippen molar-refractivity contribution in [3.8, 4) is 5.75 Å². The Bertz CT molecular complexity index is 1200. The molecule has 0 aliphatic heterocycles. The van der Waals surface area contributed by atoms with Gasteiger partial charge in [0.15, 0.2) is 6.61 Å². The largest absolute Gasteiger partial charge is 0.483 e. The molecule has 1 amide bonds. The highest BCUT2D eigenvalue weighted by molar-refractivity contribution is 7.93. The van der Waals surface area contributed by atoms with Gasteiger partial charge in [-0.1, -0.05) is 55.3 Å². The first-order valence-electron chi connectivity index (χ1n) is 11.2. The van der Waals surface area contributed by atoms with Gasteiger partial charge in [0.25, 0.3) is 15.9 Å². The molecule has 0 aliphatic rings. The van der Waals surface area contributed by atoms with Crippen LogP contribution in [0.5, 0.6) is 5.75 Å². The molecular weight excluding hydrogens is 434 g/mol. The number of hydrogen-bond acceptors (Lipinski definition) is 4. The van der Waals surface area contributed by atoms with Gasteiger partial charge < -0.3 is 4.74 Å². The molecule has 3 aromatic rings. The van der Waals surface area contributed by atoms with Crippen molar-refractivity contribution in [2.75, 3.05) is 10.9 Å². The Hall–Kier alpha value is -3.12. The Labute approximate surface area is 197 Å². The van der Waals surface area contributed by atoms with E-state index in [1.165, 1.54) is 12.1 Å². The fourth-order valence-corrected chi connectivity index (χ4v) is 4.90. The topological polar surface area (TPSA) is 63.7 Å². The minimum absolute atomic E-state index is 0.0586. The Kier molecular flexibility index (Phi) is 7.92.